The molecule has 0 aliphatic carbocycles. The first-order chi connectivity index (χ1) is 12.3. The topological polar surface area (TPSA) is 83.6 Å². The molecule has 1 aliphatic heterocycles. The fraction of sp³-hybridized carbons (Fsp3) is 0.500. The number of rotatable bonds is 9. The first-order valence-corrected chi connectivity index (χ1v) is 8.80. The van der Waals surface area contributed by atoms with Gasteiger partial charge in [-0.25, -0.2) is 0 Å². The lowest BCUT2D eigenvalue weighted by Gasteiger charge is -2.26. The number of pyridine rings is 1. The summed E-state index contributed by atoms with van der Waals surface area (Å²) in [6.45, 7) is 5.49. The molecule has 0 amide bonds. The van der Waals surface area contributed by atoms with E-state index in [9.17, 15) is 9.59 Å². The van der Waals surface area contributed by atoms with Gasteiger partial charge in [-0.3, -0.25) is 19.5 Å². The maximum atomic E-state index is 11.7. The van der Waals surface area contributed by atoms with Crippen molar-refractivity contribution in [2.45, 2.75) is 19.3 Å². The summed E-state index contributed by atoms with van der Waals surface area (Å²) in [7, 11) is 0. The largest absolute Gasteiger partial charge is 0.380 e. The van der Waals surface area contributed by atoms with E-state index in [-0.39, 0.29) is 0 Å². The van der Waals surface area contributed by atoms with E-state index in [0.29, 0.717) is 17.9 Å². The van der Waals surface area contributed by atoms with Crippen LogP contribution in [0.2, 0.25) is 0 Å². The van der Waals surface area contributed by atoms with Gasteiger partial charge in [-0.1, -0.05) is 6.42 Å². The quantitative estimate of drug-likeness (QED) is 0.524. The Morgan fingerprint density at radius 3 is 2.48 bits per heavy atom. The molecule has 1 saturated heterocycles. The van der Waals surface area contributed by atoms with Crippen molar-refractivity contribution in [1.29, 1.82) is 0 Å². The average Bonchev–Trinajstić information content (AvgIpc) is 2.67. The van der Waals surface area contributed by atoms with Crippen molar-refractivity contribution in [2.75, 3.05) is 50.0 Å². The smallest absolute Gasteiger partial charge is 0.253 e. The number of nitrogens with one attached hydrogen (secondary N) is 2. The maximum absolute atomic E-state index is 11.7. The number of anilines is 3. The molecule has 1 aromatic carbocycles. The number of morpholine rings is 1. The molecule has 2 heterocycles. The summed E-state index contributed by atoms with van der Waals surface area (Å²) < 4.78 is 5.34. The maximum Gasteiger partial charge on any atom is 0.253 e. The van der Waals surface area contributed by atoms with Crippen molar-refractivity contribution in [3.8, 4) is 0 Å². The highest BCUT2D eigenvalue weighted by atomic mass is 16.5. The third-order valence-electron chi connectivity index (χ3n) is 4.42. The zero-order chi connectivity index (χ0) is 17.5. The number of hydrogen-bond acceptors (Lipinski definition) is 7. The van der Waals surface area contributed by atoms with E-state index in [2.05, 4.69) is 20.5 Å². The lowest BCUT2D eigenvalue weighted by Crippen LogP contribution is -2.37. The monoisotopic (exact) mass is 344 g/mol. The van der Waals surface area contributed by atoms with Crippen LogP contribution in [0.3, 0.4) is 0 Å². The average molecular weight is 344 g/mol. The van der Waals surface area contributed by atoms with Crippen molar-refractivity contribution < 1.29 is 4.74 Å². The number of nitrogens with zero attached hydrogens (tertiary/aromatic N) is 2. The number of aromatic nitrogens is 1. The molecule has 1 aromatic heterocycles. The minimum atomic E-state index is -0.466. The van der Waals surface area contributed by atoms with Crippen LogP contribution in [-0.4, -0.2) is 49.3 Å². The van der Waals surface area contributed by atoms with Crippen LogP contribution in [-0.2, 0) is 4.74 Å². The van der Waals surface area contributed by atoms with Crippen LogP contribution in [0.1, 0.15) is 19.3 Å². The van der Waals surface area contributed by atoms with E-state index < -0.39 is 10.9 Å². The minimum Gasteiger partial charge on any atom is -0.380 e. The molecular formula is C18H24N4O3. The van der Waals surface area contributed by atoms with Crippen molar-refractivity contribution in [2.24, 2.45) is 0 Å². The highest BCUT2D eigenvalue weighted by Crippen LogP contribution is 2.20. The molecule has 0 radical (unpaired) electrons. The first-order valence-electron chi connectivity index (χ1n) is 8.80. The zero-order valence-corrected chi connectivity index (χ0v) is 14.3. The Morgan fingerprint density at radius 2 is 1.72 bits per heavy atom. The van der Waals surface area contributed by atoms with Crippen LogP contribution < -0.4 is 21.5 Å². The number of hydrogen-bond donors (Lipinski definition) is 2. The Kier molecular flexibility index (Phi) is 6.14. The zero-order valence-electron chi connectivity index (χ0n) is 14.3. The van der Waals surface area contributed by atoms with Gasteiger partial charge in [0.2, 0.25) is 0 Å². The fourth-order valence-corrected chi connectivity index (χ4v) is 2.93. The van der Waals surface area contributed by atoms with Gasteiger partial charge >= 0.3 is 0 Å². The highest BCUT2D eigenvalue weighted by Gasteiger charge is 2.20. The van der Waals surface area contributed by atoms with Crippen LogP contribution in [0.15, 0.2) is 34.1 Å². The van der Waals surface area contributed by atoms with Gasteiger partial charge in [-0.15, -0.1) is 0 Å². The van der Waals surface area contributed by atoms with Crippen molar-refractivity contribution in [3.05, 3.63) is 45.0 Å². The van der Waals surface area contributed by atoms with Gasteiger partial charge in [0.05, 0.1) is 13.2 Å². The van der Waals surface area contributed by atoms with Gasteiger partial charge in [-0.2, -0.15) is 0 Å². The Labute approximate surface area is 146 Å². The van der Waals surface area contributed by atoms with Crippen LogP contribution in [0.25, 0.3) is 0 Å². The second-order valence-electron chi connectivity index (χ2n) is 6.21. The third kappa shape index (κ3) is 4.64. The van der Waals surface area contributed by atoms with Gasteiger partial charge in [-0.05, 0) is 31.5 Å². The van der Waals surface area contributed by atoms with E-state index in [0.717, 1.165) is 57.8 Å². The van der Waals surface area contributed by atoms with Crippen LogP contribution in [0.5, 0.6) is 0 Å². The lowest BCUT2D eigenvalue weighted by molar-refractivity contribution is 0.0372. The summed E-state index contributed by atoms with van der Waals surface area (Å²) in [5.41, 5.74) is 0.590. The summed E-state index contributed by atoms with van der Waals surface area (Å²) in [4.78, 5) is 29.8. The van der Waals surface area contributed by atoms with E-state index in [4.69, 9.17) is 4.74 Å². The van der Waals surface area contributed by atoms with Crippen LogP contribution >= 0.6 is 0 Å². The SMILES string of the molecule is O=c1c(NCCCCCN2CCOCC2)c(Nc2ccncc2)c1=O. The molecule has 0 saturated carbocycles. The molecule has 2 aromatic rings. The van der Waals surface area contributed by atoms with E-state index in [1.54, 1.807) is 24.5 Å². The number of ether oxygens (including phenoxy) is 1. The first kappa shape index (κ1) is 17.6. The number of unbranched alkanes of at least 4 members (excludes halogenated alkanes) is 2. The molecule has 7 heteroatoms. The molecule has 0 spiro atoms. The Morgan fingerprint density at radius 1 is 1.00 bits per heavy atom. The Balaban J connectivity index is 1.39. The van der Waals surface area contributed by atoms with Gasteiger partial charge < -0.3 is 15.4 Å². The molecule has 3 rings (SSSR count). The summed E-state index contributed by atoms with van der Waals surface area (Å²) >= 11 is 0. The minimum absolute atomic E-state index is 0.351. The second-order valence-corrected chi connectivity index (χ2v) is 6.21. The summed E-state index contributed by atoms with van der Waals surface area (Å²) in [6.07, 6.45) is 6.46. The fourth-order valence-electron chi connectivity index (χ4n) is 2.93. The third-order valence-corrected chi connectivity index (χ3v) is 4.42. The summed E-state index contributed by atoms with van der Waals surface area (Å²) in [5, 5.41) is 6.10. The van der Waals surface area contributed by atoms with Crippen molar-refractivity contribution in [3.63, 3.8) is 0 Å². The Hall–Kier alpha value is -2.25. The second kappa shape index (κ2) is 8.73. The molecular weight excluding hydrogens is 320 g/mol. The molecule has 7 nitrogen and oxygen atoms in total. The van der Waals surface area contributed by atoms with Gasteiger partial charge in [0.1, 0.15) is 11.4 Å². The molecule has 25 heavy (non-hydrogen) atoms. The molecule has 134 valence electrons. The summed E-state index contributed by atoms with van der Waals surface area (Å²) in [5.74, 6) is 0. The molecule has 0 atom stereocenters. The highest BCUT2D eigenvalue weighted by molar-refractivity contribution is 5.78. The molecule has 1 fully saturated rings. The van der Waals surface area contributed by atoms with E-state index in [1.807, 2.05) is 0 Å². The molecule has 1 aliphatic rings. The predicted octanol–water partition coefficient (Wildman–Crippen LogP) is 1.34. The van der Waals surface area contributed by atoms with E-state index >= 15 is 0 Å². The van der Waals surface area contributed by atoms with E-state index in [1.165, 1.54) is 0 Å². The Bertz CT molecular complexity index is 734. The van der Waals surface area contributed by atoms with Crippen molar-refractivity contribution >= 4 is 17.1 Å². The predicted molar refractivity (Wildman–Crippen MR) is 98.5 cm³/mol. The van der Waals surface area contributed by atoms with Crippen LogP contribution in [0, 0.1) is 0 Å². The lowest BCUT2D eigenvalue weighted by atomic mass is 10.1. The normalized spacial score (nSPS) is 15.4. The molecule has 2 N–H and O–H groups in total. The summed E-state index contributed by atoms with van der Waals surface area (Å²) in [6, 6.07) is 3.51. The van der Waals surface area contributed by atoms with Gasteiger partial charge in [0.25, 0.3) is 10.9 Å². The van der Waals surface area contributed by atoms with Gasteiger partial charge in [0, 0.05) is 37.7 Å². The molecule has 0 bridgehead atoms. The van der Waals surface area contributed by atoms with Crippen LogP contribution in [0.4, 0.5) is 17.1 Å². The van der Waals surface area contributed by atoms with Gasteiger partial charge in [0.15, 0.2) is 0 Å². The molecule has 0 unspecified atom stereocenters. The standard InChI is InChI=1S/C18H24N4O3/c23-17-15(16(18(17)24)21-14-4-7-19-8-5-14)20-6-2-1-3-9-22-10-12-25-13-11-22/h4-5,7-8,20H,1-3,6,9-13H2,(H,19,21). The van der Waals surface area contributed by atoms with Crippen molar-refractivity contribution in [1.82, 2.24) is 9.88 Å².